The van der Waals surface area contributed by atoms with Crippen LogP contribution in [0.15, 0.2) is 90.3 Å². The first-order valence-electron chi connectivity index (χ1n) is 8.86. The molecule has 1 heterocycles. The standard InChI is InChI=1S/C23H21BrNPS/c1-18-25-22(17-27-18)21-15-9-10-16-23(21)26(2,24,19-11-5-3-6-12-19)20-13-7-4-8-14-20/h3-17H,1-2H3. The molecule has 0 saturated carbocycles. The number of nitrogens with zero attached hydrogens (tertiary/aromatic N) is 1. The van der Waals surface area contributed by atoms with Crippen LogP contribution in [0.25, 0.3) is 11.3 Å². The SMILES string of the molecule is Cc1nc(-c2ccccc2P(C)(Br)(c2ccccc2)c2ccccc2)cs1. The fourth-order valence-corrected chi connectivity index (χ4v) is 10.4. The molecule has 0 bridgehead atoms. The van der Waals surface area contributed by atoms with Crippen LogP contribution >= 0.6 is 32.1 Å². The molecule has 4 aromatic rings. The van der Waals surface area contributed by atoms with Gasteiger partial charge in [-0.1, -0.05) is 0 Å². The van der Waals surface area contributed by atoms with E-state index in [4.69, 9.17) is 4.98 Å². The first-order chi connectivity index (χ1) is 13.0. The first kappa shape index (κ1) is 18.6. The quantitative estimate of drug-likeness (QED) is 0.351. The van der Waals surface area contributed by atoms with Gasteiger partial charge in [-0.25, -0.2) is 0 Å². The summed E-state index contributed by atoms with van der Waals surface area (Å²) in [5.41, 5.74) is 2.25. The van der Waals surface area contributed by atoms with Crippen molar-refractivity contribution in [2.45, 2.75) is 6.92 Å². The molecule has 4 rings (SSSR count). The van der Waals surface area contributed by atoms with Crippen molar-refractivity contribution in [3.05, 3.63) is 95.3 Å². The minimum atomic E-state index is -2.83. The Balaban J connectivity index is 2.09. The molecule has 3 aromatic carbocycles. The van der Waals surface area contributed by atoms with Crippen molar-refractivity contribution in [2.24, 2.45) is 0 Å². The molecule has 27 heavy (non-hydrogen) atoms. The fraction of sp³-hybridized carbons (Fsp3) is 0.0870. The van der Waals surface area contributed by atoms with E-state index in [-0.39, 0.29) is 0 Å². The van der Waals surface area contributed by atoms with Crippen molar-refractivity contribution in [3.8, 4) is 11.3 Å². The molecule has 0 unspecified atom stereocenters. The van der Waals surface area contributed by atoms with E-state index in [1.807, 2.05) is 0 Å². The van der Waals surface area contributed by atoms with E-state index < -0.39 is 5.31 Å². The maximum absolute atomic E-state index is 4.79. The Morgan fingerprint density at radius 1 is 0.778 bits per heavy atom. The molecule has 0 spiro atoms. The molecule has 1 nitrogen and oxygen atoms in total. The molecule has 0 aliphatic rings. The molecule has 0 N–H and O–H groups in total. The van der Waals surface area contributed by atoms with E-state index >= 15 is 0 Å². The maximum atomic E-state index is 4.79. The van der Waals surface area contributed by atoms with Gasteiger partial charge in [-0.15, -0.1) is 0 Å². The molecule has 0 fully saturated rings. The Hall–Kier alpha value is -1.80. The van der Waals surface area contributed by atoms with Gasteiger partial charge in [-0.05, 0) is 0 Å². The van der Waals surface area contributed by atoms with Crippen molar-refractivity contribution in [1.82, 2.24) is 4.98 Å². The second-order valence-corrected chi connectivity index (χ2v) is 17.6. The number of thiazole rings is 1. The van der Waals surface area contributed by atoms with Gasteiger partial charge in [0, 0.05) is 0 Å². The summed E-state index contributed by atoms with van der Waals surface area (Å²) in [5.74, 6) is 0. The van der Waals surface area contributed by atoms with Crippen LogP contribution in [0, 0.1) is 6.92 Å². The molecule has 0 saturated heterocycles. The van der Waals surface area contributed by atoms with Gasteiger partial charge in [0.2, 0.25) is 0 Å². The number of rotatable bonds is 4. The third-order valence-corrected chi connectivity index (χ3v) is 14.1. The molecule has 136 valence electrons. The van der Waals surface area contributed by atoms with Crippen LogP contribution in [0.5, 0.6) is 0 Å². The molecule has 0 atom stereocenters. The zero-order chi connectivity index (χ0) is 18.9. The first-order valence-corrected chi connectivity index (χ1v) is 14.4. The number of hydrogen-bond donors (Lipinski definition) is 0. The molecule has 0 amide bonds. The summed E-state index contributed by atoms with van der Waals surface area (Å²) in [5, 5.41) is 4.36. The Bertz CT molecular complexity index is 1030. The molecular formula is C23H21BrNPS. The third kappa shape index (κ3) is 3.08. The number of benzene rings is 3. The monoisotopic (exact) mass is 453 g/mol. The van der Waals surface area contributed by atoms with Crippen molar-refractivity contribution in [3.63, 3.8) is 0 Å². The van der Waals surface area contributed by atoms with Crippen LogP contribution in [-0.4, -0.2) is 11.6 Å². The normalized spacial score (nSPS) is 13.1. The van der Waals surface area contributed by atoms with E-state index in [2.05, 4.69) is 119 Å². The average molecular weight is 454 g/mol. The summed E-state index contributed by atoms with van der Waals surface area (Å²) >= 11 is 6.07. The van der Waals surface area contributed by atoms with Gasteiger partial charge in [-0.2, -0.15) is 0 Å². The van der Waals surface area contributed by atoms with Crippen molar-refractivity contribution >= 4 is 48.0 Å². The molecule has 4 heteroatoms. The van der Waals surface area contributed by atoms with Crippen molar-refractivity contribution < 1.29 is 0 Å². The van der Waals surface area contributed by atoms with E-state index in [0.717, 1.165) is 10.7 Å². The van der Waals surface area contributed by atoms with Crippen LogP contribution in [0.4, 0.5) is 0 Å². The van der Waals surface area contributed by atoms with Crippen LogP contribution in [0.2, 0.25) is 0 Å². The number of aromatic nitrogens is 1. The second-order valence-electron chi connectivity index (χ2n) is 6.87. The van der Waals surface area contributed by atoms with E-state index in [9.17, 15) is 0 Å². The summed E-state index contributed by atoms with van der Waals surface area (Å²) in [6, 6.07) is 30.3. The van der Waals surface area contributed by atoms with Crippen molar-refractivity contribution in [1.29, 1.82) is 0 Å². The molecule has 1 aromatic heterocycles. The topological polar surface area (TPSA) is 12.9 Å². The summed E-state index contributed by atoms with van der Waals surface area (Å²) in [6.45, 7) is 4.44. The van der Waals surface area contributed by atoms with E-state index in [1.165, 1.54) is 21.5 Å². The summed E-state index contributed by atoms with van der Waals surface area (Å²) < 4.78 is 0. The van der Waals surface area contributed by atoms with Crippen LogP contribution < -0.4 is 15.9 Å². The predicted molar refractivity (Wildman–Crippen MR) is 126 cm³/mol. The van der Waals surface area contributed by atoms with Crippen LogP contribution in [-0.2, 0) is 0 Å². The second kappa shape index (κ2) is 6.98. The Morgan fingerprint density at radius 2 is 1.30 bits per heavy atom. The van der Waals surface area contributed by atoms with Gasteiger partial charge in [0.25, 0.3) is 0 Å². The summed E-state index contributed by atoms with van der Waals surface area (Å²) in [4.78, 5) is 4.79. The Morgan fingerprint density at radius 3 is 1.81 bits per heavy atom. The third-order valence-electron chi connectivity index (χ3n) is 5.11. The fourth-order valence-electron chi connectivity index (χ4n) is 3.63. The van der Waals surface area contributed by atoms with Gasteiger partial charge < -0.3 is 0 Å². The molecule has 0 aliphatic heterocycles. The molecule has 0 radical (unpaired) electrons. The summed E-state index contributed by atoms with van der Waals surface area (Å²) in [6.07, 6.45) is 0. The minimum absolute atomic E-state index is 1.05. The zero-order valence-corrected chi connectivity index (χ0v) is 18.6. The van der Waals surface area contributed by atoms with E-state index in [1.54, 1.807) is 11.3 Å². The Labute approximate surface area is 172 Å². The van der Waals surface area contributed by atoms with E-state index in [0.29, 0.717) is 0 Å². The number of hydrogen-bond acceptors (Lipinski definition) is 2. The molecular weight excluding hydrogens is 433 g/mol. The number of halogens is 1. The average Bonchev–Trinajstić information content (AvgIpc) is 3.16. The molecule has 0 aliphatic carbocycles. The number of aryl methyl sites for hydroxylation is 1. The van der Waals surface area contributed by atoms with Crippen LogP contribution in [0.1, 0.15) is 5.01 Å². The van der Waals surface area contributed by atoms with Gasteiger partial charge in [0.15, 0.2) is 0 Å². The zero-order valence-electron chi connectivity index (χ0n) is 15.3. The van der Waals surface area contributed by atoms with Gasteiger partial charge in [-0.3, -0.25) is 0 Å². The van der Waals surface area contributed by atoms with Gasteiger partial charge >= 0.3 is 173 Å². The van der Waals surface area contributed by atoms with Crippen LogP contribution in [0.3, 0.4) is 0 Å². The van der Waals surface area contributed by atoms with Gasteiger partial charge in [0.1, 0.15) is 0 Å². The van der Waals surface area contributed by atoms with Crippen molar-refractivity contribution in [2.75, 3.05) is 6.66 Å². The predicted octanol–water partition coefficient (Wildman–Crippen LogP) is 5.89. The van der Waals surface area contributed by atoms with Gasteiger partial charge in [0.05, 0.1) is 0 Å². The summed E-state index contributed by atoms with van der Waals surface area (Å²) in [7, 11) is 0. The Kier molecular flexibility index (Phi) is 4.80.